The predicted molar refractivity (Wildman–Crippen MR) is 69.6 cm³/mol. The molecule has 2 rings (SSSR count). The highest BCUT2D eigenvalue weighted by molar-refractivity contribution is 5.78. The van der Waals surface area contributed by atoms with E-state index in [-0.39, 0.29) is 18.6 Å². The van der Waals surface area contributed by atoms with Crippen LogP contribution in [0.3, 0.4) is 0 Å². The maximum absolute atomic E-state index is 12.0. The summed E-state index contributed by atoms with van der Waals surface area (Å²) >= 11 is 0. The normalized spacial score (nSPS) is 18.5. The largest absolute Gasteiger partial charge is 0.378 e. The van der Waals surface area contributed by atoms with E-state index in [2.05, 4.69) is 9.55 Å². The molecule has 0 radical (unpaired) electrons. The molecule has 0 spiro atoms. The fourth-order valence-corrected chi connectivity index (χ4v) is 2.44. The van der Waals surface area contributed by atoms with Crippen molar-refractivity contribution >= 4 is 5.91 Å². The van der Waals surface area contributed by atoms with Crippen LogP contribution in [0.15, 0.2) is 6.20 Å². The molecule has 0 saturated heterocycles. The summed E-state index contributed by atoms with van der Waals surface area (Å²) in [5.74, 6) is 0.944. The Morgan fingerprint density at radius 3 is 3.00 bits per heavy atom. The monoisotopic (exact) mass is 267 g/mol. The number of hydrogen-bond donors (Lipinski definition) is 0. The minimum absolute atomic E-state index is 0.0210. The van der Waals surface area contributed by atoms with E-state index in [1.54, 1.807) is 7.11 Å². The summed E-state index contributed by atoms with van der Waals surface area (Å²) in [4.78, 5) is 18.3. The van der Waals surface area contributed by atoms with Crippen molar-refractivity contribution in [1.29, 1.82) is 0 Å². The van der Waals surface area contributed by atoms with Crippen LogP contribution in [0.4, 0.5) is 0 Å². The summed E-state index contributed by atoms with van der Waals surface area (Å²) in [6.07, 6.45) is 1.83. The number of carbonyl (C=O) groups excluding carboxylic acids is 1. The lowest BCUT2D eigenvalue weighted by atomic mass is 10.2. The average Bonchev–Trinajstić information content (AvgIpc) is 2.81. The number of carbonyl (C=O) groups is 1. The number of nitrogens with zero attached hydrogens (tertiary/aromatic N) is 3. The van der Waals surface area contributed by atoms with Gasteiger partial charge >= 0.3 is 0 Å². The van der Waals surface area contributed by atoms with Gasteiger partial charge in [-0.3, -0.25) is 4.79 Å². The molecule has 0 aliphatic carbocycles. The third-order valence-electron chi connectivity index (χ3n) is 3.42. The molecular weight excluding hydrogens is 246 g/mol. The van der Waals surface area contributed by atoms with Crippen LogP contribution in [0, 0.1) is 0 Å². The third-order valence-corrected chi connectivity index (χ3v) is 3.42. The van der Waals surface area contributed by atoms with E-state index in [0.29, 0.717) is 19.8 Å². The first kappa shape index (κ1) is 14.0. The fraction of sp³-hybridized carbons (Fsp3) is 0.692. The Morgan fingerprint density at radius 2 is 2.32 bits per heavy atom. The van der Waals surface area contributed by atoms with Crippen molar-refractivity contribution < 1.29 is 14.3 Å². The first-order valence-corrected chi connectivity index (χ1v) is 6.59. The molecule has 1 aliphatic heterocycles. The van der Waals surface area contributed by atoms with Crippen molar-refractivity contribution in [3.05, 3.63) is 17.7 Å². The zero-order chi connectivity index (χ0) is 13.8. The summed E-state index contributed by atoms with van der Waals surface area (Å²) < 4.78 is 12.5. The molecule has 1 aromatic heterocycles. The number of amides is 1. The van der Waals surface area contributed by atoms with Gasteiger partial charge in [0.05, 0.1) is 24.5 Å². The van der Waals surface area contributed by atoms with Crippen LogP contribution in [-0.4, -0.2) is 47.2 Å². The van der Waals surface area contributed by atoms with E-state index in [1.807, 2.05) is 24.9 Å². The van der Waals surface area contributed by atoms with Crippen LogP contribution in [0.5, 0.6) is 0 Å². The molecular formula is C13H21N3O3. The molecule has 19 heavy (non-hydrogen) atoms. The Hall–Kier alpha value is -1.40. The van der Waals surface area contributed by atoms with E-state index in [1.165, 1.54) is 0 Å². The Labute approximate surface area is 113 Å². The molecule has 6 heteroatoms. The maximum Gasteiger partial charge on any atom is 0.249 e. The fourth-order valence-electron chi connectivity index (χ4n) is 2.44. The summed E-state index contributed by atoms with van der Waals surface area (Å²) in [6, 6.07) is -0.0210. The van der Waals surface area contributed by atoms with Crippen molar-refractivity contribution in [2.24, 2.45) is 0 Å². The highest BCUT2D eigenvalue weighted by Crippen LogP contribution is 2.25. The van der Waals surface area contributed by atoms with Gasteiger partial charge in [-0.15, -0.1) is 0 Å². The lowest BCUT2D eigenvalue weighted by molar-refractivity contribution is -0.139. The molecule has 1 aliphatic rings. The first-order chi connectivity index (χ1) is 9.19. The van der Waals surface area contributed by atoms with Gasteiger partial charge in [0, 0.05) is 26.8 Å². The molecule has 6 nitrogen and oxygen atoms in total. The molecule has 2 heterocycles. The lowest BCUT2D eigenvalue weighted by Crippen LogP contribution is -2.43. The van der Waals surface area contributed by atoms with E-state index in [9.17, 15) is 4.79 Å². The Morgan fingerprint density at radius 1 is 1.53 bits per heavy atom. The average molecular weight is 267 g/mol. The van der Waals surface area contributed by atoms with Crippen LogP contribution in [-0.2, 0) is 27.4 Å². The van der Waals surface area contributed by atoms with Gasteiger partial charge in [0.1, 0.15) is 12.4 Å². The second kappa shape index (κ2) is 6.16. The number of hydrogen-bond acceptors (Lipinski definition) is 4. The third kappa shape index (κ3) is 2.79. The topological polar surface area (TPSA) is 56.6 Å². The number of aromatic nitrogens is 2. The highest BCUT2D eigenvalue weighted by Gasteiger charge is 2.29. The second-order valence-corrected chi connectivity index (χ2v) is 4.59. The van der Waals surface area contributed by atoms with Gasteiger partial charge in [-0.2, -0.15) is 0 Å². The van der Waals surface area contributed by atoms with Crippen LogP contribution < -0.4 is 0 Å². The molecule has 0 aromatic carbocycles. The predicted octanol–water partition coefficient (Wildman–Crippen LogP) is 0.969. The number of fused-ring (bicyclic) bond motifs is 1. The molecule has 1 aromatic rings. The van der Waals surface area contributed by atoms with Crippen molar-refractivity contribution in [1.82, 2.24) is 14.5 Å². The highest BCUT2D eigenvalue weighted by atomic mass is 16.5. The van der Waals surface area contributed by atoms with Crippen molar-refractivity contribution in [2.45, 2.75) is 33.0 Å². The number of methoxy groups -OCH3 is 1. The molecule has 0 bridgehead atoms. The van der Waals surface area contributed by atoms with E-state index < -0.39 is 0 Å². The summed E-state index contributed by atoms with van der Waals surface area (Å²) in [5, 5.41) is 0. The van der Waals surface area contributed by atoms with E-state index in [4.69, 9.17) is 9.47 Å². The summed E-state index contributed by atoms with van der Waals surface area (Å²) in [5.41, 5.74) is 1.06. The van der Waals surface area contributed by atoms with Crippen molar-refractivity contribution in [3.63, 3.8) is 0 Å². The van der Waals surface area contributed by atoms with Gasteiger partial charge in [0.2, 0.25) is 5.91 Å². The molecule has 1 amide bonds. The quantitative estimate of drug-likeness (QED) is 0.797. The minimum atomic E-state index is -0.0210. The zero-order valence-corrected chi connectivity index (χ0v) is 11.8. The van der Waals surface area contributed by atoms with Gasteiger partial charge in [0.15, 0.2) is 0 Å². The smallest absolute Gasteiger partial charge is 0.249 e. The summed E-state index contributed by atoms with van der Waals surface area (Å²) in [6.45, 7) is 6.58. The SMILES string of the molecule is CCOCC(=O)N1CCn2c(COC)cnc2[C@@H]1C. The number of imidazole rings is 1. The summed E-state index contributed by atoms with van der Waals surface area (Å²) in [7, 11) is 1.67. The first-order valence-electron chi connectivity index (χ1n) is 6.59. The minimum Gasteiger partial charge on any atom is -0.378 e. The maximum atomic E-state index is 12.0. The van der Waals surface area contributed by atoms with Crippen LogP contribution in [0.2, 0.25) is 0 Å². The molecule has 0 saturated carbocycles. The van der Waals surface area contributed by atoms with Crippen molar-refractivity contribution in [3.8, 4) is 0 Å². The zero-order valence-electron chi connectivity index (χ0n) is 11.8. The standard InChI is InChI=1S/C13H21N3O3/c1-4-19-9-12(17)15-5-6-16-11(8-18-3)7-14-13(16)10(15)2/h7,10H,4-6,8-9H2,1-3H3/t10-/m0/s1. The van der Waals surface area contributed by atoms with Crippen molar-refractivity contribution in [2.75, 3.05) is 26.9 Å². The van der Waals surface area contributed by atoms with Gasteiger partial charge in [-0.25, -0.2) is 4.98 Å². The molecule has 1 atom stereocenters. The van der Waals surface area contributed by atoms with E-state index in [0.717, 1.165) is 18.1 Å². The molecule has 0 N–H and O–H groups in total. The molecule has 106 valence electrons. The molecule has 0 fully saturated rings. The molecule has 0 unspecified atom stereocenters. The number of rotatable bonds is 5. The van der Waals surface area contributed by atoms with Gasteiger partial charge in [0.25, 0.3) is 0 Å². The van der Waals surface area contributed by atoms with E-state index >= 15 is 0 Å². The second-order valence-electron chi connectivity index (χ2n) is 4.59. The lowest BCUT2D eigenvalue weighted by Gasteiger charge is -2.34. The van der Waals surface area contributed by atoms with Crippen LogP contribution >= 0.6 is 0 Å². The van der Waals surface area contributed by atoms with Gasteiger partial charge in [-0.1, -0.05) is 0 Å². The van der Waals surface area contributed by atoms with Gasteiger partial charge < -0.3 is 18.9 Å². The van der Waals surface area contributed by atoms with Gasteiger partial charge in [-0.05, 0) is 13.8 Å². The Kier molecular flexibility index (Phi) is 4.55. The van der Waals surface area contributed by atoms with Crippen LogP contribution in [0.1, 0.15) is 31.4 Å². The Balaban J connectivity index is 2.11. The Bertz CT molecular complexity index is 444. The van der Waals surface area contributed by atoms with Crippen LogP contribution in [0.25, 0.3) is 0 Å². The number of ether oxygens (including phenoxy) is 2.